The maximum absolute atomic E-state index is 12.9. The first-order valence-electron chi connectivity index (χ1n) is 9.31. The zero-order valence-electron chi connectivity index (χ0n) is 17.2. The smallest absolute Gasteiger partial charge is 0.417 e. The van der Waals surface area contributed by atoms with Gasteiger partial charge in [0.25, 0.3) is 0 Å². The molecule has 160 valence electrons. The number of carbonyl (C=O) groups excluding carboxylic acids is 1. The number of aromatic nitrogens is 1. The van der Waals surface area contributed by atoms with Crippen LogP contribution in [0.15, 0.2) is 30.5 Å². The van der Waals surface area contributed by atoms with Gasteiger partial charge in [0.2, 0.25) is 11.8 Å². The Morgan fingerprint density at radius 1 is 1.28 bits per heavy atom. The molecule has 4 nitrogen and oxygen atoms in total. The molecule has 0 aliphatic rings. The molecule has 1 amide bonds. The second kappa shape index (κ2) is 11.0. The highest BCUT2D eigenvalue weighted by Gasteiger charge is 2.32. The minimum atomic E-state index is -4.52. The molecule has 0 aliphatic heterocycles. The molecule has 0 bridgehead atoms. The van der Waals surface area contributed by atoms with Crippen molar-refractivity contribution in [2.24, 2.45) is 0 Å². The van der Waals surface area contributed by atoms with Crippen molar-refractivity contribution in [3.63, 3.8) is 0 Å². The predicted molar refractivity (Wildman–Crippen MR) is 108 cm³/mol. The molecule has 2 aromatic rings. The molecule has 0 saturated carbocycles. The Morgan fingerprint density at radius 3 is 2.45 bits per heavy atom. The molecule has 1 heterocycles. The number of halogens is 4. The SMILES string of the molecule is CC.CC[C@H](C(=O)NCc1cc(C(F)(F)F)cnc1OC)c1ccc(Cl)c(C)c1. The normalized spacial score (nSPS) is 11.9. The third-order valence-corrected chi connectivity index (χ3v) is 4.63. The van der Waals surface area contributed by atoms with Gasteiger partial charge in [-0.15, -0.1) is 0 Å². The molecule has 1 aromatic heterocycles. The summed E-state index contributed by atoms with van der Waals surface area (Å²) < 4.78 is 43.7. The Kier molecular flexibility index (Phi) is 9.43. The molecule has 1 N–H and O–H groups in total. The molecular weight excluding hydrogens is 405 g/mol. The van der Waals surface area contributed by atoms with Gasteiger partial charge in [0, 0.05) is 23.3 Å². The first-order valence-corrected chi connectivity index (χ1v) is 9.69. The van der Waals surface area contributed by atoms with Crippen LogP contribution in [-0.2, 0) is 17.5 Å². The molecular formula is C21H26ClF3N2O2. The van der Waals surface area contributed by atoms with Crippen LogP contribution in [0.4, 0.5) is 13.2 Å². The number of pyridine rings is 1. The van der Waals surface area contributed by atoms with E-state index in [4.69, 9.17) is 16.3 Å². The number of methoxy groups -OCH3 is 1. The Hall–Kier alpha value is -2.28. The van der Waals surface area contributed by atoms with Crippen LogP contribution in [-0.4, -0.2) is 18.0 Å². The second-order valence-electron chi connectivity index (χ2n) is 6.08. The average Bonchev–Trinajstić information content (AvgIpc) is 2.70. The quantitative estimate of drug-likeness (QED) is 0.620. The Labute approximate surface area is 174 Å². The monoisotopic (exact) mass is 430 g/mol. The van der Waals surface area contributed by atoms with E-state index in [1.54, 1.807) is 12.1 Å². The van der Waals surface area contributed by atoms with Crippen molar-refractivity contribution in [3.05, 3.63) is 57.7 Å². The standard InChI is InChI=1S/C19H20ClF3N2O2.C2H6/c1-4-15(12-5-6-16(20)11(2)7-12)17(26)24-9-13-8-14(19(21,22)23)10-25-18(13)27-3;1-2/h5-8,10,15H,4,9H2,1-3H3,(H,24,26);1-2H3/t15-;/m0./s1. The molecule has 1 atom stereocenters. The molecule has 1 aromatic carbocycles. The van der Waals surface area contributed by atoms with Crippen molar-refractivity contribution in [2.75, 3.05) is 7.11 Å². The molecule has 0 fully saturated rings. The minimum Gasteiger partial charge on any atom is -0.481 e. The van der Waals surface area contributed by atoms with E-state index >= 15 is 0 Å². The van der Waals surface area contributed by atoms with Crippen LogP contribution >= 0.6 is 11.6 Å². The summed E-state index contributed by atoms with van der Waals surface area (Å²) in [6, 6.07) is 6.26. The van der Waals surface area contributed by atoms with E-state index in [-0.39, 0.29) is 23.9 Å². The first kappa shape index (κ1) is 24.8. The number of alkyl halides is 3. The van der Waals surface area contributed by atoms with E-state index in [0.29, 0.717) is 17.6 Å². The molecule has 0 radical (unpaired) electrons. The average molecular weight is 431 g/mol. The second-order valence-corrected chi connectivity index (χ2v) is 6.48. The predicted octanol–water partition coefficient (Wildman–Crippen LogP) is 5.91. The summed E-state index contributed by atoms with van der Waals surface area (Å²) in [4.78, 5) is 16.3. The van der Waals surface area contributed by atoms with Gasteiger partial charge >= 0.3 is 6.18 Å². The van der Waals surface area contributed by atoms with Crippen molar-refractivity contribution in [1.82, 2.24) is 10.3 Å². The summed E-state index contributed by atoms with van der Waals surface area (Å²) >= 11 is 6.02. The van der Waals surface area contributed by atoms with Crippen LogP contribution in [0.25, 0.3) is 0 Å². The van der Waals surface area contributed by atoms with Crippen molar-refractivity contribution in [1.29, 1.82) is 0 Å². The van der Waals surface area contributed by atoms with Crippen molar-refractivity contribution < 1.29 is 22.7 Å². The van der Waals surface area contributed by atoms with Crippen molar-refractivity contribution in [3.8, 4) is 5.88 Å². The Bertz CT molecular complexity index is 826. The van der Waals surface area contributed by atoms with Gasteiger partial charge in [0.1, 0.15) is 0 Å². The van der Waals surface area contributed by atoms with Gasteiger partial charge < -0.3 is 10.1 Å². The van der Waals surface area contributed by atoms with E-state index < -0.39 is 17.7 Å². The summed E-state index contributed by atoms with van der Waals surface area (Å²) in [5.41, 5.74) is 0.908. The Morgan fingerprint density at radius 2 is 1.93 bits per heavy atom. The number of benzene rings is 1. The lowest BCUT2D eigenvalue weighted by Gasteiger charge is -2.17. The fourth-order valence-electron chi connectivity index (χ4n) is 2.73. The van der Waals surface area contributed by atoms with Crippen LogP contribution in [0.5, 0.6) is 5.88 Å². The number of carbonyl (C=O) groups is 1. The van der Waals surface area contributed by atoms with E-state index in [2.05, 4.69) is 10.3 Å². The summed E-state index contributed by atoms with van der Waals surface area (Å²) in [6.07, 6.45) is -3.29. The van der Waals surface area contributed by atoms with E-state index in [0.717, 1.165) is 17.2 Å². The van der Waals surface area contributed by atoms with Gasteiger partial charge in [-0.3, -0.25) is 4.79 Å². The topological polar surface area (TPSA) is 51.2 Å². The fraction of sp³-hybridized carbons (Fsp3) is 0.429. The number of nitrogens with zero attached hydrogens (tertiary/aromatic N) is 1. The van der Waals surface area contributed by atoms with E-state index in [1.165, 1.54) is 7.11 Å². The summed E-state index contributed by atoms with van der Waals surface area (Å²) in [5.74, 6) is -0.692. The number of hydrogen-bond acceptors (Lipinski definition) is 3. The van der Waals surface area contributed by atoms with Crippen LogP contribution in [0.3, 0.4) is 0 Å². The lowest BCUT2D eigenvalue weighted by molar-refractivity contribution is -0.137. The van der Waals surface area contributed by atoms with Gasteiger partial charge in [0.05, 0.1) is 18.6 Å². The lowest BCUT2D eigenvalue weighted by Crippen LogP contribution is -2.29. The van der Waals surface area contributed by atoms with Crippen LogP contribution in [0.1, 0.15) is 55.4 Å². The zero-order valence-corrected chi connectivity index (χ0v) is 17.9. The summed E-state index contributed by atoms with van der Waals surface area (Å²) in [6.45, 7) is 7.58. The number of aryl methyl sites for hydroxylation is 1. The van der Waals surface area contributed by atoms with Gasteiger partial charge in [-0.25, -0.2) is 4.98 Å². The summed E-state index contributed by atoms with van der Waals surface area (Å²) in [7, 11) is 1.31. The maximum Gasteiger partial charge on any atom is 0.417 e. The third kappa shape index (κ3) is 6.63. The number of ether oxygens (including phenoxy) is 1. The van der Waals surface area contributed by atoms with Gasteiger partial charge in [-0.1, -0.05) is 44.5 Å². The third-order valence-electron chi connectivity index (χ3n) is 4.21. The highest BCUT2D eigenvalue weighted by Crippen LogP contribution is 2.31. The highest BCUT2D eigenvalue weighted by molar-refractivity contribution is 6.31. The molecule has 2 rings (SSSR count). The summed E-state index contributed by atoms with van der Waals surface area (Å²) in [5, 5.41) is 3.28. The maximum atomic E-state index is 12.9. The first-order chi connectivity index (χ1) is 13.7. The minimum absolute atomic E-state index is 0.0404. The molecule has 8 heteroatoms. The Balaban J connectivity index is 0.00000204. The molecule has 0 aliphatic carbocycles. The zero-order chi connectivity index (χ0) is 22.2. The van der Waals surface area contributed by atoms with Gasteiger partial charge in [0.15, 0.2) is 0 Å². The van der Waals surface area contributed by atoms with Crippen molar-refractivity contribution >= 4 is 17.5 Å². The van der Waals surface area contributed by atoms with Crippen LogP contribution in [0, 0.1) is 6.92 Å². The van der Waals surface area contributed by atoms with E-state index in [9.17, 15) is 18.0 Å². The molecule has 29 heavy (non-hydrogen) atoms. The van der Waals surface area contributed by atoms with Gasteiger partial charge in [-0.05, 0) is 36.6 Å². The fourth-order valence-corrected chi connectivity index (χ4v) is 2.84. The van der Waals surface area contributed by atoms with Crippen molar-refractivity contribution in [2.45, 2.75) is 52.8 Å². The highest BCUT2D eigenvalue weighted by atomic mass is 35.5. The van der Waals surface area contributed by atoms with E-state index in [1.807, 2.05) is 33.8 Å². The molecule has 0 unspecified atom stereocenters. The van der Waals surface area contributed by atoms with Crippen LogP contribution in [0.2, 0.25) is 5.02 Å². The molecule has 0 spiro atoms. The molecule has 0 saturated heterocycles. The largest absolute Gasteiger partial charge is 0.481 e. The number of nitrogens with one attached hydrogen (secondary N) is 1. The van der Waals surface area contributed by atoms with Gasteiger partial charge in [-0.2, -0.15) is 13.2 Å². The number of hydrogen-bond donors (Lipinski definition) is 1. The number of rotatable bonds is 6. The number of amides is 1. The van der Waals surface area contributed by atoms with Crippen LogP contribution < -0.4 is 10.1 Å². The lowest BCUT2D eigenvalue weighted by atomic mass is 9.94.